The molecular formula is C24H32IN3O5S. The van der Waals surface area contributed by atoms with Crippen molar-refractivity contribution in [3.8, 4) is 5.75 Å². The van der Waals surface area contributed by atoms with E-state index in [4.69, 9.17) is 4.74 Å². The third-order valence-electron chi connectivity index (χ3n) is 5.47. The third kappa shape index (κ3) is 7.86. The summed E-state index contributed by atoms with van der Waals surface area (Å²) in [6.07, 6.45) is 1.81. The number of hydrogen-bond acceptors (Lipinski definition) is 5. The first kappa shape index (κ1) is 27.9. The molecule has 2 atom stereocenters. The Labute approximate surface area is 215 Å². The van der Waals surface area contributed by atoms with Gasteiger partial charge in [-0.25, -0.2) is 8.42 Å². The van der Waals surface area contributed by atoms with E-state index in [0.29, 0.717) is 11.4 Å². The Bertz CT molecular complexity index is 1070. The third-order valence-corrected chi connectivity index (χ3v) is 7.33. The Hall–Kier alpha value is -2.34. The van der Waals surface area contributed by atoms with Crippen LogP contribution in [0.25, 0.3) is 0 Å². The van der Waals surface area contributed by atoms with Crippen LogP contribution in [-0.4, -0.2) is 57.1 Å². The van der Waals surface area contributed by atoms with E-state index in [9.17, 15) is 18.0 Å². The average Bonchev–Trinajstić information content (AvgIpc) is 2.80. The molecule has 186 valence electrons. The van der Waals surface area contributed by atoms with E-state index in [0.717, 1.165) is 26.1 Å². The highest BCUT2D eigenvalue weighted by Gasteiger charge is 2.30. The second-order valence-electron chi connectivity index (χ2n) is 8.11. The minimum Gasteiger partial charge on any atom is -0.497 e. The number of benzene rings is 2. The molecule has 0 bridgehead atoms. The second-order valence-corrected chi connectivity index (χ2v) is 11.3. The van der Waals surface area contributed by atoms with Crippen molar-refractivity contribution in [3.05, 3.63) is 57.7 Å². The van der Waals surface area contributed by atoms with Crippen molar-refractivity contribution in [1.82, 2.24) is 10.2 Å². The minimum atomic E-state index is -3.74. The van der Waals surface area contributed by atoms with Crippen molar-refractivity contribution in [2.45, 2.75) is 45.8 Å². The minimum absolute atomic E-state index is 0.0489. The SMILES string of the molecule is CC[C@@H](C)NC(=O)[C@@H](C)N(Cc1ccc(OC)cc1)C(=O)CN(c1ccc(I)cc1)S(C)(=O)=O. The number of nitrogens with one attached hydrogen (secondary N) is 1. The summed E-state index contributed by atoms with van der Waals surface area (Å²) in [5.41, 5.74) is 1.18. The molecule has 0 aromatic heterocycles. The summed E-state index contributed by atoms with van der Waals surface area (Å²) < 4.78 is 32.3. The van der Waals surface area contributed by atoms with Crippen molar-refractivity contribution in [1.29, 1.82) is 0 Å². The fourth-order valence-electron chi connectivity index (χ4n) is 3.20. The topological polar surface area (TPSA) is 96.0 Å². The number of methoxy groups -OCH3 is 1. The van der Waals surface area contributed by atoms with Gasteiger partial charge in [0.2, 0.25) is 21.8 Å². The highest BCUT2D eigenvalue weighted by atomic mass is 127. The van der Waals surface area contributed by atoms with Gasteiger partial charge in [-0.3, -0.25) is 13.9 Å². The van der Waals surface area contributed by atoms with Crippen molar-refractivity contribution in [2.24, 2.45) is 0 Å². The normalized spacial score (nSPS) is 13.0. The number of amides is 2. The van der Waals surface area contributed by atoms with Crippen molar-refractivity contribution >= 4 is 50.1 Å². The van der Waals surface area contributed by atoms with E-state index >= 15 is 0 Å². The monoisotopic (exact) mass is 601 g/mol. The predicted molar refractivity (Wildman–Crippen MR) is 142 cm³/mol. The lowest BCUT2D eigenvalue weighted by molar-refractivity contribution is -0.139. The Balaban J connectivity index is 2.36. The number of halogens is 1. The molecule has 0 spiro atoms. The molecule has 0 aliphatic rings. The van der Waals surface area contributed by atoms with E-state index in [1.807, 2.05) is 26.0 Å². The lowest BCUT2D eigenvalue weighted by Crippen LogP contribution is -2.52. The first-order chi connectivity index (χ1) is 16.0. The van der Waals surface area contributed by atoms with Gasteiger partial charge in [-0.05, 0) is 84.8 Å². The lowest BCUT2D eigenvalue weighted by atomic mass is 10.1. The van der Waals surface area contributed by atoms with Crippen LogP contribution in [-0.2, 0) is 26.2 Å². The van der Waals surface area contributed by atoms with Gasteiger partial charge in [0.05, 0.1) is 19.1 Å². The van der Waals surface area contributed by atoms with Gasteiger partial charge >= 0.3 is 0 Å². The molecule has 0 fully saturated rings. The maximum Gasteiger partial charge on any atom is 0.244 e. The van der Waals surface area contributed by atoms with Crippen LogP contribution in [0.1, 0.15) is 32.8 Å². The standard InChI is InChI=1S/C24H32IN3O5S/c1-6-17(2)26-24(30)18(3)27(15-19-7-13-22(33-4)14-8-19)23(29)16-28(34(5,31)32)21-11-9-20(25)10-12-21/h7-14,17-18H,6,15-16H2,1-5H3,(H,26,30)/t17-,18-/m1/s1. The number of nitrogens with zero attached hydrogens (tertiary/aromatic N) is 2. The molecule has 2 rings (SSSR count). The summed E-state index contributed by atoms with van der Waals surface area (Å²) in [5.74, 6) is -0.103. The molecule has 10 heteroatoms. The van der Waals surface area contributed by atoms with Crippen LogP contribution in [0.15, 0.2) is 48.5 Å². The predicted octanol–water partition coefficient (Wildman–Crippen LogP) is 3.40. The molecule has 0 unspecified atom stereocenters. The van der Waals surface area contributed by atoms with E-state index in [1.54, 1.807) is 50.4 Å². The van der Waals surface area contributed by atoms with Gasteiger partial charge in [0.15, 0.2) is 0 Å². The van der Waals surface area contributed by atoms with E-state index in [2.05, 4.69) is 27.9 Å². The van der Waals surface area contributed by atoms with Gasteiger partial charge in [0.1, 0.15) is 18.3 Å². The van der Waals surface area contributed by atoms with Crippen LogP contribution in [0.5, 0.6) is 5.75 Å². The molecule has 0 radical (unpaired) electrons. The zero-order valence-corrected chi connectivity index (χ0v) is 23.1. The van der Waals surface area contributed by atoms with Crippen LogP contribution in [0.3, 0.4) is 0 Å². The van der Waals surface area contributed by atoms with Crippen molar-refractivity contribution in [2.75, 3.05) is 24.2 Å². The highest BCUT2D eigenvalue weighted by Crippen LogP contribution is 2.21. The number of carbonyl (C=O) groups is 2. The van der Waals surface area contributed by atoms with E-state index < -0.39 is 28.5 Å². The molecule has 0 saturated carbocycles. The number of anilines is 1. The van der Waals surface area contributed by atoms with Crippen LogP contribution < -0.4 is 14.4 Å². The van der Waals surface area contributed by atoms with Gasteiger partial charge in [-0.1, -0.05) is 19.1 Å². The zero-order valence-electron chi connectivity index (χ0n) is 20.1. The fraction of sp³-hybridized carbons (Fsp3) is 0.417. The number of rotatable bonds is 11. The number of sulfonamides is 1. The number of carbonyl (C=O) groups excluding carboxylic acids is 2. The smallest absolute Gasteiger partial charge is 0.244 e. The summed E-state index contributed by atoms with van der Waals surface area (Å²) in [4.78, 5) is 27.8. The van der Waals surface area contributed by atoms with Crippen molar-refractivity contribution < 1.29 is 22.7 Å². The number of ether oxygens (including phenoxy) is 1. The second kappa shape index (κ2) is 12.4. The maximum atomic E-state index is 13.5. The Morgan fingerprint density at radius 3 is 2.15 bits per heavy atom. The molecule has 8 nitrogen and oxygen atoms in total. The summed E-state index contributed by atoms with van der Waals surface area (Å²) in [7, 11) is -2.18. The molecular weight excluding hydrogens is 569 g/mol. The Kier molecular flexibility index (Phi) is 10.2. The largest absolute Gasteiger partial charge is 0.497 e. The van der Waals surface area contributed by atoms with Gasteiger partial charge < -0.3 is 15.0 Å². The van der Waals surface area contributed by atoms with E-state index in [1.165, 1.54) is 4.90 Å². The molecule has 0 aliphatic heterocycles. The van der Waals surface area contributed by atoms with Crippen LogP contribution in [0.2, 0.25) is 0 Å². The van der Waals surface area contributed by atoms with Crippen LogP contribution >= 0.6 is 22.6 Å². The summed E-state index contributed by atoms with van der Waals surface area (Å²) in [5, 5.41) is 2.90. The van der Waals surface area contributed by atoms with Gasteiger partial charge in [-0.15, -0.1) is 0 Å². The molecule has 1 N–H and O–H groups in total. The molecule has 0 aliphatic carbocycles. The van der Waals surface area contributed by atoms with Gasteiger partial charge in [0.25, 0.3) is 0 Å². The summed E-state index contributed by atoms with van der Waals surface area (Å²) >= 11 is 2.13. The maximum absolute atomic E-state index is 13.5. The summed E-state index contributed by atoms with van der Waals surface area (Å²) in [6, 6.07) is 13.2. The Morgan fingerprint density at radius 2 is 1.65 bits per heavy atom. The molecule has 0 saturated heterocycles. The highest BCUT2D eigenvalue weighted by molar-refractivity contribution is 14.1. The fourth-order valence-corrected chi connectivity index (χ4v) is 4.41. The molecule has 2 aromatic rings. The molecule has 2 aromatic carbocycles. The first-order valence-electron chi connectivity index (χ1n) is 10.9. The molecule has 0 heterocycles. The van der Waals surface area contributed by atoms with Gasteiger partial charge in [0, 0.05) is 16.2 Å². The summed E-state index contributed by atoms with van der Waals surface area (Å²) in [6.45, 7) is 5.22. The van der Waals surface area contributed by atoms with E-state index in [-0.39, 0.29) is 18.5 Å². The number of hydrogen-bond donors (Lipinski definition) is 1. The molecule has 34 heavy (non-hydrogen) atoms. The zero-order chi connectivity index (χ0) is 25.5. The first-order valence-corrected chi connectivity index (χ1v) is 13.8. The average molecular weight is 602 g/mol. The van der Waals surface area contributed by atoms with Crippen molar-refractivity contribution in [3.63, 3.8) is 0 Å². The Morgan fingerprint density at radius 1 is 1.06 bits per heavy atom. The lowest BCUT2D eigenvalue weighted by Gasteiger charge is -2.32. The van der Waals surface area contributed by atoms with Gasteiger partial charge in [-0.2, -0.15) is 0 Å². The van der Waals surface area contributed by atoms with Crippen LogP contribution in [0, 0.1) is 3.57 Å². The van der Waals surface area contributed by atoms with Crippen LogP contribution in [0.4, 0.5) is 5.69 Å². The quantitative estimate of drug-likeness (QED) is 0.399. The molecule has 2 amide bonds.